The summed E-state index contributed by atoms with van der Waals surface area (Å²) in [5.41, 5.74) is 0. The lowest BCUT2D eigenvalue weighted by atomic mass is 10.2. The van der Waals surface area contributed by atoms with Crippen molar-refractivity contribution in [2.24, 2.45) is 5.92 Å². The molecule has 0 aliphatic heterocycles. The van der Waals surface area contributed by atoms with Crippen LogP contribution in [0.2, 0.25) is 0 Å². The minimum atomic E-state index is -0.130. The monoisotopic (exact) mass is 241 g/mol. The second-order valence-corrected chi connectivity index (χ2v) is 4.97. The molecule has 1 heterocycles. The van der Waals surface area contributed by atoms with Gasteiger partial charge in [-0.2, -0.15) is 0 Å². The van der Waals surface area contributed by atoms with Gasteiger partial charge in [-0.25, -0.2) is 0 Å². The van der Waals surface area contributed by atoms with E-state index in [0.717, 1.165) is 17.8 Å². The molecular weight excluding hydrogens is 222 g/mol. The first kappa shape index (κ1) is 13.2. The molecule has 0 aromatic carbocycles. The SMILES string of the molecule is CNCCC(OC(=O)C(C)C)c1cccs1. The summed E-state index contributed by atoms with van der Waals surface area (Å²) in [6.07, 6.45) is 0.706. The fourth-order valence-electron chi connectivity index (χ4n) is 1.29. The van der Waals surface area contributed by atoms with Crippen molar-refractivity contribution in [2.75, 3.05) is 13.6 Å². The van der Waals surface area contributed by atoms with Crippen LogP contribution in [-0.2, 0) is 9.53 Å². The first-order chi connectivity index (χ1) is 7.65. The standard InChI is InChI=1S/C12H19NO2S/c1-9(2)12(14)15-10(6-7-13-3)11-5-4-8-16-11/h4-5,8-10,13H,6-7H2,1-3H3. The fourth-order valence-corrected chi connectivity index (χ4v) is 2.07. The number of ether oxygens (including phenoxy) is 1. The molecule has 0 amide bonds. The van der Waals surface area contributed by atoms with Crippen molar-refractivity contribution in [3.8, 4) is 0 Å². The van der Waals surface area contributed by atoms with Crippen LogP contribution in [0.1, 0.15) is 31.2 Å². The number of thiophene rings is 1. The fraction of sp³-hybridized carbons (Fsp3) is 0.583. The van der Waals surface area contributed by atoms with Crippen LogP contribution in [0.4, 0.5) is 0 Å². The maximum Gasteiger partial charge on any atom is 0.309 e. The van der Waals surface area contributed by atoms with Crippen molar-refractivity contribution in [3.05, 3.63) is 22.4 Å². The lowest BCUT2D eigenvalue weighted by molar-refractivity contribution is -0.153. The van der Waals surface area contributed by atoms with Gasteiger partial charge in [0.1, 0.15) is 6.10 Å². The summed E-state index contributed by atoms with van der Waals surface area (Å²) in [6, 6.07) is 3.99. The molecule has 0 aliphatic rings. The van der Waals surface area contributed by atoms with Gasteiger partial charge in [0.2, 0.25) is 0 Å². The highest BCUT2D eigenvalue weighted by Crippen LogP contribution is 2.26. The topological polar surface area (TPSA) is 38.3 Å². The lowest BCUT2D eigenvalue weighted by Gasteiger charge is -2.17. The minimum Gasteiger partial charge on any atom is -0.456 e. The van der Waals surface area contributed by atoms with Gasteiger partial charge in [-0.15, -0.1) is 11.3 Å². The van der Waals surface area contributed by atoms with E-state index in [9.17, 15) is 4.79 Å². The molecule has 1 N–H and O–H groups in total. The Bertz CT molecular complexity index is 309. The number of esters is 1. The van der Waals surface area contributed by atoms with Crippen LogP contribution in [-0.4, -0.2) is 19.6 Å². The third-order valence-electron chi connectivity index (χ3n) is 2.25. The molecule has 0 spiro atoms. The predicted octanol–water partition coefficient (Wildman–Crippen LogP) is 2.60. The van der Waals surface area contributed by atoms with E-state index in [2.05, 4.69) is 5.32 Å². The van der Waals surface area contributed by atoms with Gasteiger partial charge in [-0.05, 0) is 25.0 Å². The highest BCUT2D eigenvalue weighted by Gasteiger charge is 2.19. The van der Waals surface area contributed by atoms with Crippen molar-refractivity contribution in [2.45, 2.75) is 26.4 Å². The molecule has 1 aromatic heterocycles. The molecule has 1 atom stereocenters. The van der Waals surface area contributed by atoms with Crippen LogP contribution < -0.4 is 5.32 Å². The Morgan fingerprint density at radius 2 is 2.31 bits per heavy atom. The molecule has 0 aliphatic carbocycles. The van der Waals surface area contributed by atoms with Gasteiger partial charge in [0, 0.05) is 11.3 Å². The Kier molecular flexibility index (Phi) is 5.49. The maximum atomic E-state index is 11.6. The highest BCUT2D eigenvalue weighted by atomic mass is 32.1. The number of carbonyl (C=O) groups is 1. The molecule has 0 fully saturated rings. The molecule has 1 aromatic rings. The maximum absolute atomic E-state index is 11.6. The van der Waals surface area contributed by atoms with Crippen LogP contribution in [0, 0.1) is 5.92 Å². The molecule has 90 valence electrons. The Morgan fingerprint density at radius 3 is 2.81 bits per heavy atom. The number of nitrogens with one attached hydrogen (secondary N) is 1. The summed E-state index contributed by atoms with van der Waals surface area (Å²) in [7, 11) is 1.90. The Balaban J connectivity index is 2.61. The first-order valence-corrected chi connectivity index (χ1v) is 6.41. The van der Waals surface area contributed by atoms with Gasteiger partial charge in [0.05, 0.1) is 5.92 Å². The van der Waals surface area contributed by atoms with E-state index in [4.69, 9.17) is 4.74 Å². The van der Waals surface area contributed by atoms with Crippen molar-refractivity contribution < 1.29 is 9.53 Å². The molecular formula is C12H19NO2S. The van der Waals surface area contributed by atoms with Crippen molar-refractivity contribution in [1.29, 1.82) is 0 Å². The molecule has 4 heteroatoms. The van der Waals surface area contributed by atoms with E-state index in [0.29, 0.717) is 0 Å². The summed E-state index contributed by atoms with van der Waals surface area (Å²) in [5, 5.41) is 5.08. The van der Waals surface area contributed by atoms with E-state index >= 15 is 0 Å². The third-order valence-corrected chi connectivity index (χ3v) is 3.21. The van der Waals surface area contributed by atoms with Gasteiger partial charge in [0.15, 0.2) is 0 Å². The average molecular weight is 241 g/mol. The van der Waals surface area contributed by atoms with Crippen LogP contribution in [0.3, 0.4) is 0 Å². The van der Waals surface area contributed by atoms with E-state index in [-0.39, 0.29) is 18.0 Å². The second kappa shape index (κ2) is 6.66. The molecule has 0 bridgehead atoms. The summed E-state index contributed by atoms with van der Waals surface area (Å²) in [5.74, 6) is -0.202. The largest absolute Gasteiger partial charge is 0.456 e. The molecule has 0 radical (unpaired) electrons. The van der Waals surface area contributed by atoms with E-state index in [1.165, 1.54) is 0 Å². The molecule has 16 heavy (non-hydrogen) atoms. The zero-order valence-electron chi connectivity index (χ0n) is 10.0. The number of rotatable bonds is 6. The van der Waals surface area contributed by atoms with E-state index < -0.39 is 0 Å². The zero-order chi connectivity index (χ0) is 12.0. The summed E-state index contributed by atoms with van der Waals surface area (Å²) >= 11 is 1.63. The quantitative estimate of drug-likeness (QED) is 0.778. The van der Waals surface area contributed by atoms with Gasteiger partial charge in [-0.1, -0.05) is 19.9 Å². The van der Waals surface area contributed by atoms with Crippen molar-refractivity contribution in [1.82, 2.24) is 5.32 Å². The summed E-state index contributed by atoms with van der Waals surface area (Å²) in [6.45, 7) is 4.55. The molecule has 0 saturated carbocycles. The minimum absolute atomic E-state index is 0.0722. The smallest absolute Gasteiger partial charge is 0.309 e. The van der Waals surface area contributed by atoms with Crippen LogP contribution in [0.5, 0.6) is 0 Å². The molecule has 1 rings (SSSR count). The van der Waals surface area contributed by atoms with Crippen LogP contribution in [0.25, 0.3) is 0 Å². The van der Waals surface area contributed by atoms with Gasteiger partial charge in [0.25, 0.3) is 0 Å². The van der Waals surface area contributed by atoms with Crippen LogP contribution >= 0.6 is 11.3 Å². The normalized spacial score (nSPS) is 12.8. The van der Waals surface area contributed by atoms with Crippen molar-refractivity contribution in [3.63, 3.8) is 0 Å². The Labute approximate surface area is 101 Å². The molecule has 0 saturated heterocycles. The van der Waals surface area contributed by atoms with Gasteiger partial charge < -0.3 is 10.1 Å². The summed E-state index contributed by atoms with van der Waals surface area (Å²) in [4.78, 5) is 12.7. The average Bonchev–Trinajstić information content (AvgIpc) is 2.76. The second-order valence-electron chi connectivity index (χ2n) is 3.99. The van der Waals surface area contributed by atoms with Crippen LogP contribution in [0.15, 0.2) is 17.5 Å². The van der Waals surface area contributed by atoms with Gasteiger partial charge in [-0.3, -0.25) is 4.79 Å². The highest BCUT2D eigenvalue weighted by molar-refractivity contribution is 7.10. The summed E-state index contributed by atoms with van der Waals surface area (Å²) < 4.78 is 5.49. The number of hydrogen-bond donors (Lipinski definition) is 1. The third kappa shape index (κ3) is 3.94. The van der Waals surface area contributed by atoms with Gasteiger partial charge >= 0.3 is 5.97 Å². The van der Waals surface area contributed by atoms with Crippen molar-refractivity contribution >= 4 is 17.3 Å². The Hall–Kier alpha value is -0.870. The predicted molar refractivity (Wildman–Crippen MR) is 66.5 cm³/mol. The zero-order valence-corrected chi connectivity index (χ0v) is 10.8. The molecule has 3 nitrogen and oxygen atoms in total. The number of carbonyl (C=O) groups excluding carboxylic acids is 1. The van der Waals surface area contributed by atoms with E-state index in [1.807, 2.05) is 38.4 Å². The Morgan fingerprint density at radius 1 is 1.56 bits per heavy atom. The number of hydrogen-bond acceptors (Lipinski definition) is 4. The molecule has 1 unspecified atom stereocenters. The lowest BCUT2D eigenvalue weighted by Crippen LogP contribution is -2.19. The first-order valence-electron chi connectivity index (χ1n) is 5.53. The van der Waals surface area contributed by atoms with E-state index in [1.54, 1.807) is 11.3 Å².